The Morgan fingerprint density at radius 2 is 1.95 bits per heavy atom. The lowest BCUT2D eigenvalue weighted by Crippen LogP contribution is -2.52. The summed E-state index contributed by atoms with van der Waals surface area (Å²) >= 11 is 1.55. The van der Waals surface area contributed by atoms with Crippen LogP contribution in [0, 0.1) is 17.8 Å². The number of hydrogen-bond donors (Lipinski definition) is 2. The van der Waals surface area contributed by atoms with Crippen LogP contribution in [0.3, 0.4) is 0 Å². The Hall–Kier alpha value is -1.24. The molecule has 1 aliphatic heterocycles. The minimum absolute atomic E-state index is 0.120. The van der Waals surface area contributed by atoms with Crippen LogP contribution in [0.4, 0.5) is 0 Å². The number of rotatable bonds is 6. The van der Waals surface area contributed by atoms with Gasteiger partial charge in [-0.1, -0.05) is 13.8 Å². The molecule has 0 aromatic carbocycles. The number of nitrogens with zero attached hydrogens (tertiary/aromatic N) is 1. The highest BCUT2D eigenvalue weighted by atomic mass is 32.2. The highest BCUT2D eigenvalue weighted by Gasteiger charge is 2.46. The van der Waals surface area contributed by atoms with Gasteiger partial charge in [-0.25, -0.2) is 0 Å². The van der Waals surface area contributed by atoms with Gasteiger partial charge in [0.1, 0.15) is 6.04 Å². The molecule has 1 heterocycles. The largest absolute Gasteiger partial charge is 0.481 e. The Labute approximate surface area is 135 Å². The Kier molecular flexibility index (Phi) is 5.72. The third kappa shape index (κ3) is 3.74. The highest BCUT2D eigenvalue weighted by Crippen LogP contribution is 2.37. The molecule has 124 valence electrons. The van der Waals surface area contributed by atoms with Crippen LogP contribution in [-0.4, -0.2) is 52.0 Å². The van der Waals surface area contributed by atoms with E-state index >= 15 is 0 Å². The molecule has 0 aromatic heterocycles. The van der Waals surface area contributed by atoms with Crippen LogP contribution in [0.1, 0.15) is 33.1 Å². The van der Waals surface area contributed by atoms with Gasteiger partial charge in [-0.2, -0.15) is 0 Å². The van der Waals surface area contributed by atoms with Gasteiger partial charge in [-0.05, 0) is 25.2 Å². The van der Waals surface area contributed by atoms with E-state index in [0.29, 0.717) is 36.9 Å². The molecule has 0 spiro atoms. The number of carbonyl (C=O) groups is 3. The first-order valence-electron chi connectivity index (χ1n) is 7.80. The number of nitrogens with one attached hydrogen (secondary N) is 1. The lowest BCUT2D eigenvalue weighted by molar-refractivity contribution is -0.157. The van der Waals surface area contributed by atoms with Crippen LogP contribution in [0.5, 0.6) is 0 Å². The first-order chi connectivity index (χ1) is 10.4. The second kappa shape index (κ2) is 7.35. The zero-order chi connectivity index (χ0) is 16.3. The Bertz CT molecular complexity index is 455. The van der Waals surface area contributed by atoms with Crippen molar-refractivity contribution in [1.29, 1.82) is 0 Å². The van der Waals surface area contributed by atoms with Crippen molar-refractivity contribution < 1.29 is 19.5 Å². The minimum atomic E-state index is -0.908. The second-order valence-corrected chi connectivity index (χ2v) is 7.43. The predicted octanol–water partition coefficient (Wildman–Crippen LogP) is 1.16. The third-order valence-electron chi connectivity index (χ3n) is 4.40. The monoisotopic (exact) mass is 328 g/mol. The molecule has 1 saturated carbocycles. The molecule has 3 unspecified atom stereocenters. The van der Waals surface area contributed by atoms with E-state index in [1.165, 1.54) is 0 Å². The first-order valence-corrected chi connectivity index (χ1v) is 8.96. The van der Waals surface area contributed by atoms with Gasteiger partial charge in [0.25, 0.3) is 0 Å². The third-order valence-corrected chi connectivity index (χ3v) is 5.41. The van der Waals surface area contributed by atoms with Gasteiger partial charge in [0, 0.05) is 12.3 Å². The lowest BCUT2D eigenvalue weighted by Gasteiger charge is -2.36. The number of hydrogen-bond acceptors (Lipinski definition) is 4. The fourth-order valence-corrected chi connectivity index (χ4v) is 3.95. The van der Waals surface area contributed by atoms with E-state index < -0.39 is 23.8 Å². The predicted molar refractivity (Wildman–Crippen MR) is 84.3 cm³/mol. The molecule has 2 aliphatic rings. The van der Waals surface area contributed by atoms with E-state index in [-0.39, 0.29) is 11.8 Å². The summed E-state index contributed by atoms with van der Waals surface area (Å²) in [4.78, 5) is 37.4. The Balaban J connectivity index is 1.91. The van der Waals surface area contributed by atoms with Crippen molar-refractivity contribution in [3.05, 3.63) is 0 Å². The first kappa shape index (κ1) is 17.1. The van der Waals surface area contributed by atoms with E-state index in [2.05, 4.69) is 19.2 Å². The van der Waals surface area contributed by atoms with Crippen molar-refractivity contribution >= 4 is 29.5 Å². The van der Waals surface area contributed by atoms with Crippen LogP contribution >= 0.6 is 11.8 Å². The van der Waals surface area contributed by atoms with E-state index in [4.69, 9.17) is 5.11 Å². The summed E-state index contributed by atoms with van der Waals surface area (Å²) in [5.41, 5.74) is 0. The highest BCUT2D eigenvalue weighted by molar-refractivity contribution is 7.99. The fourth-order valence-electron chi connectivity index (χ4n) is 2.78. The maximum Gasteiger partial charge on any atom is 0.307 e. The second-order valence-electron chi connectivity index (χ2n) is 6.43. The van der Waals surface area contributed by atoms with Crippen LogP contribution < -0.4 is 5.32 Å². The Morgan fingerprint density at radius 3 is 2.50 bits per heavy atom. The lowest BCUT2D eigenvalue weighted by atomic mass is 9.73. The molecule has 3 atom stereocenters. The molecule has 7 heteroatoms. The van der Waals surface area contributed by atoms with Gasteiger partial charge in [0.15, 0.2) is 0 Å². The van der Waals surface area contributed by atoms with Crippen molar-refractivity contribution in [2.24, 2.45) is 17.8 Å². The topological polar surface area (TPSA) is 86.7 Å². The molecule has 0 aromatic rings. The van der Waals surface area contributed by atoms with Crippen LogP contribution in [0.15, 0.2) is 0 Å². The average Bonchev–Trinajstić information content (AvgIpc) is 2.85. The number of carbonyl (C=O) groups excluding carboxylic acids is 2. The SMILES string of the molecule is CC(C)CCNC(=O)C1CSCN1C(=O)C1CCC1C(=O)O. The number of aliphatic carboxylic acids is 1. The molecule has 1 aliphatic carbocycles. The van der Waals surface area contributed by atoms with Gasteiger partial charge in [0.05, 0.1) is 17.7 Å². The smallest absolute Gasteiger partial charge is 0.307 e. The maximum atomic E-state index is 12.5. The standard InChI is InChI=1S/C15H24N2O4S/c1-9(2)5-6-16-13(18)12-7-22-8-17(12)14(19)10-3-4-11(10)15(20)21/h9-12H,3-8H2,1-2H3,(H,16,18)(H,20,21). The van der Waals surface area contributed by atoms with Crippen LogP contribution in [0.2, 0.25) is 0 Å². The van der Waals surface area contributed by atoms with Crippen molar-refractivity contribution in [2.45, 2.75) is 39.2 Å². The van der Waals surface area contributed by atoms with Crippen molar-refractivity contribution in [3.8, 4) is 0 Å². The molecule has 2 N–H and O–H groups in total. The summed E-state index contributed by atoms with van der Waals surface area (Å²) in [6.07, 6.45) is 2.07. The van der Waals surface area contributed by atoms with Gasteiger partial charge < -0.3 is 15.3 Å². The minimum Gasteiger partial charge on any atom is -0.481 e. The zero-order valence-electron chi connectivity index (χ0n) is 13.1. The number of thioether (sulfide) groups is 1. The summed E-state index contributed by atoms with van der Waals surface area (Å²) < 4.78 is 0. The van der Waals surface area contributed by atoms with E-state index in [0.717, 1.165) is 6.42 Å². The number of carboxylic acid groups (broad SMARTS) is 1. The summed E-state index contributed by atoms with van der Waals surface area (Å²) in [5.74, 6) is -0.660. The summed E-state index contributed by atoms with van der Waals surface area (Å²) in [7, 11) is 0. The van der Waals surface area contributed by atoms with Gasteiger partial charge >= 0.3 is 5.97 Å². The van der Waals surface area contributed by atoms with Gasteiger partial charge in [-0.3, -0.25) is 14.4 Å². The fraction of sp³-hybridized carbons (Fsp3) is 0.800. The summed E-state index contributed by atoms with van der Waals surface area (Å²) in [5, 5.41) is 12.0. The zero-order valence-corrected chi connectivity index (χ0v) is 13.9. The average molecular weight is 328 g/mol. The van der Waals surface area contributed by atoms with E-state index in [9.17, 15) is 14.4 Å². The van der Waals surface area contributed by atoms with E-state index in [1.54, 1.807) is 16.7 Å². The number of amides is 2. The molecule has 2 rings (SSSR count). The van der Waals surface area contributed by atoms with Crippen molar-refractivity contribution in [3.63, 3.8) is 0 Å². The van der Waals surface area contributed by atoms with Gasteiger partial charge in [-0.15, -0.1) is 11.8 Å². The quantitative estimate of drug-likeness (QED) is 0.764. The Morgan fingerprint density at radius 1 is 1.27 bits per heavy atom. The van der Waals surface area contributed by atoms with Crippen LogP contribution in [-0.2, 0) is 14.4 Å². The molecule has 0 bridgehead atoms. The van der Waals surface area contributed by atoms with Crippen molar-refractivity contribution in [2.75, 3.05) is 18.2 Å². The normalized spacial score (nSPS) is 27.6. The molecule has 22 heavy (non-hydrogen) atoms. The molecule has 1 saturated heterocycles. The molecule has 2 fully saturated rings. The molecular formula is C15H24N2O4S. The van der Waals surface area contributed by atoms with Crippen LogP contribution in [0.25, 0.3) is 0 Å². The number of carboxylic acids is 1. The maximum absolute atomic E-state index is 12.5. The molecule has 2 amide bonds. The van der Waals surface area contributed by atoms with Gasteiger partial charge in [0.2, 0.25) is 11.8 Å². The molecule has 0 radical (unpaired) electrons. The van der Waals surface area contributed by atoms with Crippen molar-refractivity contribution in [1.82, 2.24) is 10.2 Å². The molecular weight excluding hydrogens is 304 g/mol. The van der Waals surface area contributed by atoms with E-state index in [1.807, 2.05) is 0 Å². The summed E-state index contributed by atoms with van der Waals surface area (Å²) in [6, 6.07) is -0.459. The molecule has 6 nitrogen and oxygen atoms in total. The summed E-state index contributed by atoms with van der Waals surface area (Å²) in [6.45, 7) is 4.80.